The summed E-state index contributed by atoms with van der Waals surface area (Å²) >= 11 is 3.17. The molecule has 4 nitrogen and oxygen atoms in total. The molecule has 0 saturated heterocycles. The van der Waals surface area contributed by atoms with Gasteiger partial charge >= 0.3 is 6.18 Å². The molecule has 0 aromatic heterocycles. The normalized spacial score (nSPS) is 15.5. The molecule has 8 heteroatoms. The molecule has 2 atom stereocenters. The molecule has 24 heavy (non-hydrogen) atoms. The second-order valence-corrected chi connectivity index (χ2v) is 6.92. The highest BCUT2D eigenvalue weighted by atomic mass is 79.9. The summed E-state index contributed by atoms with van der Waals surface area (Å²) in [5, 5.41) is 10.8. The molecule has 132 valence electrons. The summed E-state index contributed by atoms with van der Waals surface area (Å²) in [6, 6.07) is 7.20. The maximum Gasteiger partial charge on any atom is 0.398 e. The number of halogens is 4. The lowest BCUT2D eigenvalue weighted by atomic mass is 9.73. The summed E-state index contributed by atoms with van der Waals surface area (Å²) in [4.78, 5) is 12.4. The van der Waals surface area contributed by atoms with Crippen molar-refractivity contribution in [1.29, 1.82) is 5.26 Å². The van der Waals surface area contributed by atoms with Crippen LogP contribution in [0.15, 0.2) is 28.7 Å². The number of nitrogens with zero attached hydrogens (tertiary/aromatic N) is 1. The number of carbonyl (C=O) groups excluding carboxylic acids is 1. The summed E-state index contributed by atoms with van der Waals surface area (Å²) in [6.07, 6.45) is -4.90. The number of hydrogen-bond acceptors (Lipinski definition) is 3. The molecular formula is C16H19BrF3N3O. The van der Waals surface area contributed by atoms with Crippen molar-refractivity contribution < 1.29 is 18.0 Å². The van der Waals surface area contributed by atoms with Gasteiger partial charge in [-0.1, -0.05) is 41.9 Å². The molecule has 0 saturated carbocycles. The molecule has 0 bridgehead atoms. The minimum absolute atomic E-state index is 0.0963. The van der Waals surface area contributed by atoms with Crippen molar-refractivity contribution in [3.63, 3.8) is 0 Å². The highest BCUT2D eigenvalue weighted by Crippen LogP contribution is 2.44. The zero-order valence-corrected chi connectivity index (χ0v) is 14.9. The van der Waals surface area contributed by atoms with Crippen LogP contribution in [0.25, 0.3) is 0 Å². The highest BCUT2D eigenvalue weighted by Gasteiger charge is 2.56. The topological polar surface area (TPSA) is 78.9 Å². The van der Waals surface area contributed by atoms with Gasteiger partial charge in [-0.05, 0) is 30.0 Å². The van der Waals surface area contributed by atoms with E-state index in [-0.39, 0.29) is 17.9 Å². The Morgan fingerprint density at radius 3 is 2.29 bits per heavy atom. The summed E-state index contributed by atoms with van der Waals surface area (Å²) in [5.74, 6) is -3.41. The highest BCUT2D eigenvalue weighted by molar-refractivity contribution is 9.10. The molecule has 0 fully saturated rings. The van der Waals surface area contributed by atoms with Gasteiger partial charge in [0.1, 0.15) is 18.0 Å². The van der Waals surface area contributed by atoms with Gasteiger partial charge in [0.05, 0.1) is 6.07 Å². The molecule has 0 aliphatic rings. The average molecular weight is 406 g/mol. The van der Waals surface area contributed by atoms with Crippen LogP contribution in [0.1, 0.15) is 31.7 Å². The number of rotatable bonds is 6. The molecule has 0 heterocycles. The number of nitrogens with one attached hydrogen (secondary N) is 1. The molecule has 1 rings (SSSR count). The Morgan fingerprint density at radius 1 is 1.33 bits per heavy atom. The van der Waals surface area contributed by atoms with Gasteiger partial charge < -0.3 is 11.1 Å². The fourth-order valence-electron chi connectivity index (χ4n) is 2.74. The Kier molecular flexibility index (Phi) is 6.81. The van der Waals surface area contributed by atoms with E-state index in [1.54, 1.807) is 19.9 Å². The van der Waals surface area contributed by atoms with Crippen molar-refractivity contribution in [3.05, 3.63) is 34.3 Å². The predicted molar refractivity (Wildman–Crippen MR) is 87.9 cm³/mol. The van der Waals surface area contributed by atoms with Crippen LogP contribution in [-0.2, 0) is 4.79 Å². The Labute approximate surface area is 147 Å². The van der Waals surface area contributed by atoms with Crippen molar-refractivity contribution in [2.75, 3.05) is 6.54 Å². The first-order valence-corrected chi connectivity index (χ1v) is 8.08. The van der Waals surface area contributed by atoms with Gasteiger partial charge in [0.15, 0.2) is 0 Å². The molecule has 0 spiro atoms. The van der Waals surface area contributed by atoms with E-state index in [1.807, 2.05) is 0 Å². The van der Waals surface area contributed by atoms with Crippen LogP contribution < -0.4 is 11.1 Å². The summed E-state index contributed by atoms with van der Waals surface area (Å²) in [6.45, 7) is 2.98. The second-order valence-electron chi connectivity index (χ2n) is 6.01. The largest absolute Gasteiger partial charge is 0.398 e. The van der Waals surface area contributed by atoms with E-state index >= 15 is 0 Å². The minimum Gasteiger partial charge on any atom is -0.341 e. The van der Waals surface area contributed by atoms with Crippen LogP contribution in [0.5, 0.6) is 0 Å². The number of benzene rings is 1. The molecule has 0 aliphatic carbocycles. The van der Waals surface area contributed by atoms with E-state index in [9.17, 15) is 18.0 Å². The van der Waals surface area contributed by atoms with Gasteiger partial charge in [-0.15, -0.1) is 0 Å². The number of alkyl halides is 3. The van der Waals surface area contributed by atoms with Gasteiger partial charge in [0, 0.05) is 4.47 Å². The fourth-order valence-corrected chi connectivity index (χ4v) is 3.00. The van der Waals surface area contributed by atoms with Crippen molar-refractivity contribution in [1.82, 2.24) is 5.32 Å². The summed E-state index contributed by atoms with van der Waals surface area (Å²) in [7, 11) is 0. The number of nitriles is 1. The van der Waals surface area contributed by atoms with E-state index in [1.165, 1.54) is 24.3 Å². The second kappa shape index (κ2) is 7.99. The lowest BCUT2D eigenvalue weighted by Gasteiger charge is -2.38. The summed E-state index contributed by atoms with van der Waals surface area (Å²) < 4.78 is 42.0. The molecule has 1 unspecified atom stereocenters. The first-order valence-electron chi connectivity index (χ1n) is 7.28. The third kappa shape index (κ3) is 4.95. The minimum atomic E-state index is -4.72. The lowest BCUT2D eigenvalue weighted by molar-refractivity contribution is -0.173. The predicted octanol–water partition coefficient (Wildman–Crippen LogP) is 3.48. The van der Waals surface area contributed by atoms with E-state index in [0.717, 1.165) is 0 Å². The molecule has 1 aromatic rings. The number of hydrogen-bond donors (Lipinski definition) is 2. The smallest absolute Gasteiger partial charge is 0.341 e. The number of nitrogens with two attached hydrogens (primary N) is 1. The fraction of sp³-hybridized carbons (Fsp3) is 0.500. The average Bonchev–Trinajstić information content (AvgIpc) is 2.44. The zero-order valence-electron chi connectivity index (χ0n) is 13.3. The third-order valence-corrected chi connectivity index (χ3v) is 4.07. The van der Waals surface area contributed by atoms with Gasteiger partial charge in [0.2, 0.25) is 5.91 Å². The van der Waals surface area contributed by atoms with Crippen molar-refractivity contribution in [2.24, 2.45) is 11.7 Å². The van der Waals surface area contributed by atoms with Crippen molar-refractivity contribution in [3.8, 4) is 6.07 Å². The van der Waals surface area contributed by atoms with Gasteiger partial charge in [-0.25, -0.2) is 0 Å². The quantitative estimate of drug-likeness (QED) is 0.711. The zero-order chi connectivity index (χ0) is 18.5. The van der Waals surface area contributed by atoms with Gasteiger partial charge in [0.25, 0.3) is 0 Å². The van der Waals surface area contributed by atoms with Crippen LogP contribution in [0.2, 0.25) is 0 Å². The summed E-state index contributed by atoms with van der Waals surface area (Å²) in [5.41, 5.74) is 3.72. The van der Waals surface area contributed by atoms with Crippen molar-refractivity contribution in [2.45, 2.75) is 37.9 Å². The third-order valence-electron chi connectivity index (χ3n) is 3.54. The lowest BCUT2D eigenvalue weighted by Crippen LogP contribution is -2.61. The molecule has 0 aliphatic heterocycles. The molecular weight excluding hydrogens is 387 g/mol. The van der Waals surface area contributed by atoms with Crippen LogP contribution in [-0.4, -0.2) is 24.2 Å². The maximum absolute atomic E-state index is 13.8. The van der Waals surface area contributed by atoms with Crippen LogP contribution in [0.3, 0.4) is 0 Å². The SMILES string of the molecule is CC(C)C[C@@](N)(C(=O)NCC#N)C(c1ccc(Br)cc1)C(F)(F)F. The van der Waals surface area contributed by atoms with Crippen LogP contribution in [0.4, 0.5) is 13.2 Å². The Balaban J connectivity index is 3.43. The first-order chi connectivity index (χ1) is 11.0. The molecule has 3 N–H and O–H groups in total. The van der Waals surface area contributed by atoms with Crippen LogP contribution >= 0.6 is 15.9 Å². The maximum atomic E-state index is 13.8. The van der Waals surface area contributed by atoms with E-state index in [0.29, 0.717) is 4.47 Å². The van der Waals surface area contributed by atoms with Gasteiger partial charge in [-0.2, -0.15) is 18.4 Å². The van der Waals surface area contributed by atoms with Crippen LogP contribution in [0, 0.1) is 17.2 Å². The molecule has 0 radical (unpaired) electrons. The molecule has 1 amide bonds. The monoisotopic (exact) mass is 405 g/mol. The van der Waals surface area contributed by atoms with E-state index < -0.39 is 30.1 Å². The number of amides is 1. The van der Waals surface area contributed by atoms with Gasteiger partial charge in [-0.3, -0.25) is 4.79 Å². The Hall–Kier alpha value is -1.59. The number of carbonyl (C=O) groups is 1. The Morgan fingerprint density at radius 2 is 1.88 bits per heavy atom. The van der Waals surface area contributed by atoms with Crippen molar-refractivity contribution >= 4 is 21.8 Å². The van der Waals surface area contributed by atoms with E-state index in [2.05, 4.69) is 21.2 Å². The molecule has 1 aromatic carbocycles. The van der Waals surface area contributed by atoms with E-state index in [4.69, 9.17) is 11.0 Å². The standard InChI is InChI=1S/C16H19BrF3N3O/c1-10(2)9-15(22,14(24)23-8-7-21)13(16(18,19)20)11-3-5-12(17)6-4-11/h3-6,10,13H,8-9,22H2,1-2H3,(H,23,24)/t13?,15-/m0/s1. The first kappa shape index (κ1) is 20.5. The Bertz CT molecular complexity index is 610.